The minimum atomic E-state index is -0.320. The summed E-state index contributed by atoms with van der Waals surface area (Å²) in [4.78, 5) is 17.7. The van der Waals surface area contributed by atoms with E-state index in [4.69, 9.17) is 0 Å². The highest BCUT2D eigenvalue weighted by Crippen LogP contribution is 2.18. The van der Waals surface area contributed by atoms with E-state index < -0.39 is 0 Å². The van der Waals surface area contributed by atoms with E-state index in [0.29, 0.717) is 6.54 Å². The van der Waals surface area contributed by atoms with Crippen LogP contribution in [0.5, 0.6) is 0 Å². The van der Waals surface area contributed by atoms with Crippen molar-refractivity contribution < 1.29 is 4.39 Å². The number of H-pyrrole nitrogens is 1. The van der Waals surface area contributed by atoms with Gasteiger partial charge in [0.05, 0.1) is 0 Å². The normalized spacial score (nSPS) is 10.2. The predicted molar refractivity (Wildman–Crippen MR) is 66.3 cm³/mol. The molecule has 2 aromatic rings. The maximum atomic E-state index is 13.0. The van der Waals surface area contributed by atoms with Gasteiger partial charge in [0.2, 0.25) is 0 Å². The van der Waals surface area contributed by atoms with Crippen LogP contribution in [0.1, 0.15) is 5.56 Å². The molecule has 0 unspecified atom stereocenters. The van der Waals surface area contributed by atoms with Crippen molar-refractivity contribution in [1.82, 2.24) is 9.97 Å². The molecule has 2 rings (SSSR count). The van der Waals surface area contributed by atoms with Crippen molar-refractivity contribution in [2.75, 3.05) is 5.32 Å². The Morgan fingerprint density at radius 3 is 3.06 bits per heavy atom. The molecule has 88 valence electrons. The van der Waals surface area contributed by atoms with Crippen molar-refractivity contribution in [2.45, 2.75) is 6.54 Å². The fourth-order valence-corrected chi connectivity index (χ4v) is 1.72. The van der Waals surface area contributed by atoms with Crippen LogP contribution >= 0.6 is 15.9 Å². The number of hydrogen-bond donors (Lipinski definition) is 2. The number of aromatic amines is 1. The molecular formula is C11H9BrFN3O. The van der Waals surface area contributed by atoms with Crippen LogP contribution in [0.4, 0.5) is 10.2 Å². The highest BCUT2D eigenvalue weighted by atomic mass is 79.9. The zero-order chi connectivity index (χ0) is 12.3. The van der Waals surface area contributed by atoms with Crippen LogP contribution in [0.25, 0.3) is 0 Å². The van der Waals surface area contributed by atoms with Crippen molar-refractivity contribution in [3.63, 3.8) is 0 Å². The summed E-state index contributed by atoms with van der Waals surface area (Å²) < 4.78 is 13.8. The van der Waals surface area contributed by atoms with Gasteiger partial charge >= 0.3 is 0 Å². The number of rotatable bonds is 3. The van der Waals surface area contributed by atoms with E-state index in [1.165, 1.54) is 24.5 Å². The average molecular weight is 298 g/mol. The number of benzene rings is 1. The molecule has 4 nitrogen and oxygen atoms in total. The zero-order valence-electron chi connectivity index (χ0n) is 8.71. The summed E-state index contributed by atoms with van der Waals surface area (Å²) in [5.41, 5.74) is 0.412. The first-order valence-electron chi connectivity index (χ1n) is 4.88. The lowest BCUT2D eigenvalue weighted by molar-refractivity contribution is 0.625. The lowest BCUT2D eigenvalue weighted by Crippen LogP contribution is -2.15. The molecule has 0 amide bonds. The Balaban J connectivity index is 2.15. The van der Waals surface area contributed by atoms with Gasteiger partial charge in [-0.05, 0) is 23.8 Å². The van der Waals surface area contributed by atoms with Crippen molar-refractivity contribution in [2.24, 2.45) is 0 Å². The SMILES string of the molecule is O=c1[nH]ccnc1NCc1cc(F)ccc1Br. The summed E-state index contributed by atoms with van der Waals surface area (Å²) >= 11 is 3.31. The molecule has 6 heteroatoms. The summed E-state index contributed by atoms with van der Waals surface area (Å²) in [6, 6.07) is 4.38. The minimum Gasteiger partial charge on any atom is -0.361 e. The van der Waals surface area contributed by atoms with E-state index >= 15 is 0 Å². The third-order valence-electron chi connectivity index (χ3n) is 2.16. The summed E-state index contributed by atoms with van der Waals surface area (Å²) in [6.07, 6.45) is 2.93. The van der Waals surface area contributed by atoms with Gasteiger partial charge in [-0.1, -0.05) is 15.9 Å². The van der Waals surface area contributed by atoms with Crippen LogP contribution in [-0.4, -0.2) is 9.97 Å². The molecular weight excluding hydrogens is 289 g/mol. The zero-order valence-corrected chi connectivity index (χ0v) is 10.3. The fraction of sp³-hybridized carbons (Fsp3) is 0.0909. The second kappa shape index (κ2) is 5.09. The van der Waals surface area contributed by atoms with Gasteiger partial charge in [0.25, 0.3) is 5.56 Å². The number of nitrogens with zero attached hydrogens (tertiary/aromatic N) is 1. The lowest BCUT2D eigenvalue weighted by atomic mass is 10.2. The molecule has 1 aromatic carbocycles. The van der Waals surface area contributed by atoms with E-state index in [-0.39, 0.29) is 17.2 Å². The van der Waals surface area contributed by atoms with Gasteiger partial charge in [-0.25, -0.2) is 9.37 Å². The van der Waals surface area contributed by atoms with Gasteiger partial charge in [-0.3, -0.25) is 4.79 Å². The fourth-order valence-electron chi connectivity index (χ4n) is 1.34. The van der Waals surface area contributed by atoms with E-state index in [9.17, 15) is 9.18 Å². The standard InChI is InChI=1S/C11H9BrFN3O/c12-9-2-1-8(13)5-7(9)6-16-10-11(17)15-4-3-14-10/h1-5H,6H2,(H,14,16)(H,15,17). The van der Waals surface area contributed by atoms with Crippen LogP contribution in [0.15, 0.2) is 39.9 Å². The van der Waals surface area contributed by atoms with Gasteiger partial charge in [0, 0.05) is 23.4 Å². The summed E-state index contributed by atoms with van der Waals surface area (Å²) in [6.45, 7) is 0.318. The Morgan fingerprint density at radius 1 is 1.47 bits per heavy atom. The number of anilines is 1. The number of nitrogens with one attached hydrogen (secondary N) is 2. The van der Waals surface area contributed by atoms with Gasteiger partial charge in [0.15, 0.2) is 5.82 Å². The Kier molecular flexibility index (Phi) is 3.53. The van der Waals surface area contributed by atoms with E-state index in [2.05, 4.69) is 31.2 Å². The van der Waals surface area contributed by atoms with Crippen LogP contribution < -0.4 is 10.9 Å². The lowest BCUT2D eigenvalue weighted by Gasteiger charge is -2.06. The maximum absolute atomic E-state index is 13.0. The third-order valence-corrected chi connectivity index (χ3v) is 2.94. The van der Waals surface area contributed by atoms with Crippen molar-refractivity contribution in [3.05, 3.63) is 56.8 Å². The summed E-state index contributed by atoms with van der Waals surface area (Å²) in [5, 5.41) is 2.85. The molecule has 0 atom stereocenters. The second-order valence-electron chi connectivity index (χ2n) is 3.36. The molecule has 1 aromatic heterocycles. The molecule has 0 aliphatic heterocycles. The molecule has 0 saturated heterocycles. The van der Waals surface area contributed by atoms with Crippen LogP contribution in [0.3, 0.4) is 0 Å². The molecule has 0 aliphatic rings. The number of aromatic nitrogens is 2. The van der Waals surface area contributed by atoms with Gasteiger partial charge in [-0.15, -0.1) is 0 Å². The third kappa shape index (κ3) is 2.91. The highest BCUT2D eigenvalue weighted by molar-refractivity contribution is 9.10. The highest BCUT2D eigenvalue weighted by Gasteiger charge is 2.04. The monoisotopic (exact) mass is 297 g/mol. The van der Waals surface area contributed by atoms with Gasteiger partial charge in [-0.2, -0.15) is 0 Å². The van der Waals surface area contributed by atoms with Crippen molar-refractivity contribution >= 4 is 21.7 Å². The smallest absolute Gasteiger partial charge is 0.290 e. The Morgan fingerprint density at radius 2 is 2.29 bits per heavy atom. The summed E-state index contributed by atoms with van der Waals surface area (Å²) in [7, 11) is 0. The largest absolute Gasteiger partial charge is 0.361 e. The first-order valence-corrected chi connectivity index (χ1v) is 5.67. The molecule has 0 bridgehead atoms. The minimum absolute atomic E-state index is 0.212. The van der Waals surface area contributed by atoms with E-state index in [1.807, 2.05) is 0 Å². The quantitative estimate of drug-likeness (QED) is 0.914. The topological polar surface area (TPSA) is 57.8 Å². The maximum Gasteiger partial charge on any atom is 0.290 e. The second-order valence-corrected chi connectivity index (χ2v) is 4.21. The Bertz CT molecular complexity index is 585. The Labute approximate surface area is 105 Å². The van der Waals surface area contributed by atoms with Gasteiger partial charge in [0.1, 0.15) is 5.82 Å². The molecule has 0 fully saturated rings. The molecule has 17 heavy (non-hydrogen) atoms. The molecule has 2 N–H and O–H groups in total. The molecule has 1 heterocycles. The number of hydrogen-bond acceptors (Lipinski definition) is 3. The molecule has 0 radical (unpaired) electrons. The van der Waals surface area contributed by atoms with Crippen LogP contribution in [0.2, 0.25) is 0 Å². The van der Waals surface area contributed by atoms with Crippen LogP contribution in [-0.2, 0) is 6.54 Å². The van der Waals surface area contributed by atoms with Crippen LogP contribution in [0, 0.1) is 5.82 Å². The van der Waals surface area contributed by atoms with Crippen molar-refractivity contribution in [3.8, 4) is 0 Å². The van der Waals surface area contributed by atoms with Gasteiger partial charge < -0.3 is 10.3 Å². The molecule has 0 aliphatic carbocycles. The first-order chi connectivity index (χ1) is 8.16. The first kappa shape index (κ1) is 11.8. The van der Waals surface area contributed by atoms with E-state index in [0.717, 1.165) is 10.0 Å². The predicted octanol–water partition coefficient (Wildman–Crippen LogP) is 2.28. The molecule has 0 spiro atoms. The average Bonchev–Trinajstić information content (AvgIpc) is 2.32. The number of halogens is 2. The summed E-state index contributed by atoms with van der Waals surface area (Å²) in [5.74, 6) is -0.108. The van der Waals surface area contributed by atoms with Crippen molar-refractivity contribution in [1.29, 1.82) is 0 Å². The molecule has 0 saturated carbocycles. The van der Waals surface area contributed by atoms with E-state index in [1.54, 1.807) is 6.07 Å². The Hall–Kier alpha value is -1.69.